The number of amides is 1. The van der Waals surface area contributed by atoms with Gasteiger partial charge in [-0.15, -0.1) is 0 Å². The number of nitrogens with one attached hydrogen (secondary N) is 1. The summed E-state index contributed by atoms with van der Waals surface area (Å²) in [6.45, 7) is 3.83. The first-order valence-electron chi connectivity index (χ1n) is 12.0. The van der Waals surface area contributed by atoms with Crippen molar-refractivity contribution in [1.29, 1.82) is 0 Å². The molecule has 0 heterocycles. The lowest BCUT2D eigenvalue weighted by atomic mass is 9.98. The van der Waals surface area contributed by atoms with Crippen molar-refractivity contribution in [3.05, 3.63) is 120 Å². The van der Waals surface area contributed by atoms with Gasteiger partial charge in [0.15, 0.2) is 0 Å². The Hall–Kier alpha value is -4.38. The SMILES string of the molecule is C=CCOC(=O)[C@H](Cc1ccc2ccccc2c1)NC(=O)OCC1c2ccccc2-c2ccccc21. The van der Waals surface area contributed by atoms with Gasteiger partial charge < -0.3 is 14.8 Å². The molecular weight excluding hydrogens is 450 g/mol. The first-order chi connectivity index (χ1) is 17.6. The molecule has 1 aliphatic rings. The first kappa shape index (κ1) is 23.4. The second kappa shape index (κ2) is 10.5. The zero-order valence-electron chi connectivity index (χ0n) is 19.9. The Balaban J connectivity index is 1.30. The van der Waals surface area contributed by atoms with Crippen molar-refractivity contribution in [2.24, 2.45) is 0 Å². The quantitative estimate of drug-likeness (QED) is 0.249. The van der Waals surface area contributed by atoms with Crippen LogP contribution in [0.2, 0.25) is 0 Å². The molecule has 5 nitrogen and oxygen atoms in total. The zero-order chi connectivity index (χ0) is 24.9. The summed E-state index contributed by atoms with van der Waals surface area (Å²) in [5, 5.41) is 4.90. The van der Waals surface area contributed by atoms with Crippen LogP contribution < -0.4 is 5.32 Å². The first-order valence-corrected chi connectivity index (χ1v) is 12.0. The maximum absolute atomic E-state index is 12.9. The summed E-state index contributed by atoms with van der Waals surface area (Å²) in [4.78, 5) is 25.6. The average molecular weight is 478 g/mol. The molecule has 0 unspecified atom stereocenters. The molecule has 0 aliphatic heterocycles. The van der Waals surface area contributed by atoms with Crippen molar-refractivity contribution in [2.45, 2.75) is 18.4 Å². The van der Waals surface area contributed by atoms with Crippen LogP contribution in [0.15, 0.2) is 104 Å². The smallest absolute Gasteiger partial charge is 0.407 e. The number of alkyl carbamates (subject to hydrolysis) is 1. The number of carbonyl (C=O) groups is 2. The topological polar surface area (TPSA) is 64.6 Å². The minimum Gasteiger partial charge on any atom is -0.460 e. The molecule has 0 bridgehead atoms. The highest BCUT2D eigenvalue weighted by Gasteiger charge is 2.30. The van der Waals surface area contributed by atoms with Crippen LogP contribution in [0.3, 0.4) is 0 Å². The Kier molecular flexibility index (Phi) is 6.80. The van der Waals surface area contributed by atoms with Crippen molar-refractivity contribution < 1.29 is 19.1 Å². The highest BCUT2D eigenvalue weighted by molar-refractivity contribution is 5.85. The van der Waals surface area contributed by atoms with Crippen LogP contribution in [0.25, 0.3) is 21.9 Å². The van der Waals surface area contributed by atoms with Gasteiger partial charge in [0.25, 0.3) is 0 Å². The van der Waals surface area contributed by atoms with Crippen LogP contribution in [0, 0.1) is 0 Å². The van der Waals surface area contributed by atoms with Crippen molar-refractivity contribution in [3.63, 3.8) is 0 Å². The fourth-order valence-electron chi connectivity index (χ4n) is 4.82. The molecule has 1 N–H and O–H groups in total. The van der Waals surface area contributed by atoms with E-state index in [2.05, 4.69) is 36.2 Å². The molecule has 5 heteroatoms. The standard InChI is InChI=1S/C31H27NO4/c1-2-17-35-30(33)29(19-21-15-16-22-9-3-4-10-23(22)18-21)32-31(34)36-20-28-26-13-7-5-11-24(26)25-12-6-8-14-27(25)28/h2-16,18,28-29H,1,17,19-20H2,(H,32,34)/t29-/m0/s1. The van der Waals surface area contributed by atoms with Crippen molar-refractivity contribution in [1.82, 2.24) is 5.32 Å². The van der Waals surface area contributed by atoms with E-state index >= 15 is 0 Å². The Morgan fingerprint density at radius 3 is 2.17 bits per heavy atom. The fourth-order valence-corrected chi connectivity index (χ4v) is 4.82. The number of fused-ring (bicyclic) bond motifs is 4. The third-order valence-corrected chi connectivity index (χ3v) is 6.52. The molecule has 1 aliphatic carbocycles. The molecule has 4 aromatic carbocycles. The summed E-state index contributed by atoms with van der Waals surface area (Å²) < 4.78 is 10.9. The van der Waals surface area contributed by atoms with Gasteiger partial charge in [-0.25, -0.2) is 9.59 Å². The molecule has 5 rings (SSSR count). The van der Waals surface area contributed by atoms with Gasteiger partial charge >= 0.3 is 12.1 Å². The normalized spacial score (nSPS) is 12.9. The van der Waals surface area contributed by atoms with E-state index in [0.29, 0.717) is 0 Å². The average Bonchev–Trinajstić information content (AvgIpc) is 3.23. The van der Waals surface area contributed by atoms with Crippen molar-refractivity contribution >= 4 is 22.8 Å². The van der Waals surface area contributed by atoms with E-state index in [-0.39, 0.29) is 25.6 Å². The second-order valence-corrected chi connectivity index (χ2v) is 8.83. The van der Waals surface area contributed by atoms with Gasteiger partial charge in [0.2, 0.25) is 0 Å². The maximum atomic E-state index is 12.9. The number of ether oxygens (including phenoxy) is 2. The minimum absolute atomic E-state index is 0.0604. The van der Waals surface area contributed by atoms with Gasteiger partial charge in [0.1, 0.15) is 19.3 Å². The molecule has 0 saturated heterocycles. The number of hydrogen-bond donors (Lipinski definition) is 1. The van der Waals surface area contributed by atoms with Gasteiger partial charge in [-0.3, -0.25) is 0 Å². The summed E-state index contributed by atoms with van der Waals surface area (Å²) >= 11 is 0. The van der Waals surface area contributed by atoms with Gasteiger partial charge in [-0.2, -0.15) is 0 Å². The van der Waals surface area contributed by atoms with E-state index in [1.165, 1.54) is 6.08 Å². The number of hydrogen-bond acceptors (Lipinski definition) is 4. The van der Waals surface area contributed by atoms with E-state index < -0.39 is 18.1 Å². The van der Waals surface area contributed by atoms with Gasteiger partial charge in [-0.05, 0) is 38.6 Å². The Morgan fingerprint density at radius 2 is 1.47 bits per heavy atom. The Bertz CT molecular complexity index is 1380. The van der Waals surface area contributed by atoms with E-state index in [4.69, 9.17) is 9.47 Å². The molecule has 0 spiro atoms. The predicted molar refractivity (Wildman–Crippen MR) is 141 cm³/mol. The van der Waals surface area contributed by atoms with Crippen LogP contribution in [0.1, 0.15) is 22.6 Å². The summed E-state index contributed by atoms with van der Waals surface area (Å²) in [5.41, 5.74) is 5.48. The van der Waals surface area contributed by atoms with Crippen molar-refractivity contribution in [2.75, 3.05) is 13.2 Å². The molecule has 1 atom stereocenters. The summed E-state index contributed by atoms with van der Waals surface area (Å²) in [6.07, 6.45) is 1.13. The molecule has 0 saturated carbocycles. The lowest BCUT2D eigenvalue weighted by Gasteiger charge is -2.19. The summed E-state index contributed by atoms with van der Waals surface area (Å²) in [7, 11) is 0. The number of esters is 1. The minimum atomic E-state index is -0.887. The van der Waals surface area contributed by atoms with Crippen LogP contribution in [0.5, 0.6) is 0 Å². The maximum Gasteiger partial charge on any atom is 0.407 e. The summed E-state index contributed by atoms with van der Waals surface area (Å²) in [6, 6.07) is 29.4. The fraction of sp³-hybridized carbons (Fsp3) is 0.161. The molecule has 1 amide bonds. The largest absolute Gasteiger partial charge is 0.460 e. The molecule has 0 radical (unpaired) electrons. The van der Waals surface area contributed by atoms with Crippen LogP contribution in [0.4, 0.5) is 4.79 Å². The Labute approximate surface area is 210 Å². The van der Waals surface area contributed by atoms with Crippen LogP contribution >= 0.6 is 0 Å². The van der Waals surface area contributed by atoms with E-state index in [0.717, 1.165) is 38.6 Å². The number of rotatable bonds is 8. The number of benzene rings is 4. The second-order valence-electron chi connectivity index (χ2n) is 8.83. The highest BCUT2D eigenvalue weighted by Crippen LogP contribution is 2.44. The molecule has 180 valence electrons. The monoisotopic (exact) mass is 477 g/mol. The van der Waals surface area contributed by atoms with Crippen LogP contribution in [-0.4, -0.2) is 31.3 Å². The van der Waals surface area contributed by atoms with E-state index in [1.54, 1.807) is 0 Å². The van der Waals surface area contributed by atoms with Gasteiger partial charge in [-0.1, -0.05) is 104 Å². The molecule has 36 heavy (non-hydrogen) atoms. The molecule has 0 aromatic heterocycles. The van der Waals surface area contributed by atoms with Crippen molar-refractivity contribution in [3.8, 4) is 11.1 Å². The predicted octanol–water partition coefficient (Wildman–Crippen LogP) is 6.02. The Morgan fingerprint density at radius 1 is 0.833 bits per heavy atom. The zero-order valence-corrected chi connectivity index (χ0v) is 19.9. The van der Waals surface area contributed by atoms with Gasteiger partial charge in [0.05, 0.1) is 0 Å². The lowest BCUT2D eigenvalue weighted by Crippen LogP contribution is -2.44. The molecule has 4 aromatic rings. The van der Waals surface area contributed by atoms with E-state index in [9.17, 15) is 9.59 Å². The van der Waals surface area contributed by atoms with Gasteiger partial charge in [0, 0.05) is 12.3 Å². The molecule has 0 fully saturated rings. The number of carbonyl (C=O) groups excluding carboxylic acids is 2. The lowest BCUT2D eigenvalue weighted by molar-refractivity contribution is -0.144. The third kappa shape index (κ3) is 4.86. The summed E-state index contributed by atoms with van der Waals surface area (Å²) in [5.74, 6) is -0.591. The third-order valence-electron chi connectivity index (χ3n) is 6.52. The highest BCUT2D eigenvalue weighted by atomic mass is 16.6. The van der Waals surface area contributed by atoms with E-state index in [1.807, 2.05) is 66.7 Å². The van der Waals surface area contributed by atoms with Crippen LogP contribution in [-0.2, 0) is 20.7 Å². The molecular formula is C31H27NO4.